The molecule has 1 N–H and O–H groups in total. The van der Waals surface area contributed by atoms with Gasteiger partial charge in [0.2, 0.25) is 0 Å². The highest BCUT2D eigenvalue weighted by Crippen LogP contribution is 2.31. The van der Waals surface area contributed by atoms with Crippen LogP contribution in [0.25, 0.3) is 11.1 Å². The normalized spacial score (nSPS) is 19.0. The predicted octanol–water partition coefficient (Wildman–Crippen LogP) is 1.85. The number of piperidine rings is 1. The summed E-state index contributed by atoms with van der Waals surface area (Å²) in [6, 6.07) is 2.22. The molecule has 0 bridgehead atoms. The SMILES string of the molecule is Cc1ncc(-c2cncc(C(=O)O)c2)c(N2CCC(N3CCOCC3)CC2)n1. The number of rotatable bonds is 4. The summed E-state index contributed by atoms with van der Waals surface area (Å²) in [7, 11) is 0. The third kappa shape index (κ3) is 3.98. The van der Waals surface area contributed by atoms with Crippen LogP contribution in [-0.4, -0.2) is 76.4 Å². The summed E-state index contributed by atoms with van der Waals surface area (Å²) in [5, 5.41) is 9.28. The fourth-order valence-electron chi connectivity index (χ4n) is 3.99. The first kappa shape index (κ1) is 18.8. The molecule has 0 aliphatic carbocycles. The molecule has 0 radical (unpaired) electrons. The van der Waals surface area contributed by atoms with Crippen molar-refractivity contribution >= 4 is 11.8 Å². The number of nitrogens with zero attached hydrogens (tertiary/aromatic N) is 5. The maximum Gasteiger partial charge on any atom is 0.337 e. The summed E-state index contributed by atoms with van der Waals surface area (Å²) in [5.41, 5.74) is 1.71. The van der Waals surface area contributed by atoms with E-state index in [0.29, 0.717) is 11.9 Å². The van der Waals surface area contributed by atoms with E-state index in [-0.39, 0.29) is 5.56 Å². The van der Waals surface area contributed by atoms with E-state index >= 15 is 0 Å². The number of aryl methyl sites for hydroxylation is 1. The molecule has 4 rings (SSSR count). The van der Waals surface area contributed by atoms with Crippen molar-refractivity contribution in [3.05, 3.63) is 36.0 Å². The molecule has 28 heavy (non-hydrogen) atoms. The third-order valence-corrected chi connectivity index (χ3v) is 5.51. The number of aromatic nitrogens is 3. The Morgan fingerprint density at radius 2 is 1.89 bits per heavy atom. The van der Waals surface area contributed by atoms with Gasteiger partial charge in [-0.3, -0.25) is 9.88 Å². The highest BCUT2D eigenvalue weighted by Gasteiger charge is 2.27. The quantitative estimate of drug-likeness (QED) is 0.855. The molecule has 0 saturated carbocycles. The Kier molecular flexibility index (Phi) is 5.50. The minimum atomic E-state index is -0.991. The highest BCUT2D eigenvalue weighted by molar-refractivity contribution is 5.89. The average molecular weight is 383 g/mol. The number of hydrogen-bond acceptors (Lipinski definition) is 7. The van der Waals surface area contributed by atoms with Crippen LogP contribution in [0.15, 0.2) is 24.7 Å². The summed E-state index contributed by atoms with van der Waals surface area (Å²) in [6.45, 7) is 7.37. The Hall–Kier alpha value is -2.58. The second-order valence-electron chi connectivity index (χ2n) is 7.29. The Bertz CT molecular complexity index is 845. The molecule has 2 aromatic rings. The molecular formula is C20H25N5O3. The number of carbonyl (C=O) groups is 1. The highest BCUT2D eigenvalue weighted by atomic mass is 16.5. The van der Waals surface area contributed by atoms with Crippen LogP contribution in [0, 0.1) is 6.92 Å². The van der Waals surface area contributed by atoms with Gasteiger partial charge in [0.25, 0.3) is 0 Å². The lowest BCUT2D eigenvalue weighted by Gasteiger charge is -2.40. The molecule has 0 spiro atoms. The van der Waals surface area contributed by atoms with Crippen molar-refractivity contribution in [2.75, 3.05) is 44.3 Å². The summed E-state index contributed by atoms with van der Waals surface area (Å²) in [4.78, 5) is 29.3. The minimum absolute atomic E-state index is 0.162. The standard InChI is InChI=1S/C20H25N5O3/c1-14-22-13-18(15-10-16(20(26)27)12-21-11-15)19(23-14)25-4-2-17(3-5-25)24-6-8-28-9-7-24/h10-13,17H,2-9H2,1H3,(H,26,27). The van der Waals surface area contributed by atoms with Gasteiger partial charge in [-0.15, -0.1) is 0 Å². The van der Waals surface area contributed by atoms with Gasteiger partial charge in [0.1, 0.15) is 11.6 Å². The van der Waals surface area contributed by atoms with Crippen LogP contribution in [0.2, 0.25) is 0 Å². The molecule has 8 heteroatoms. The van der Waals surface area contributed by atoms with Crippen LogP contribution in [0.1, 0.15) is 29.0 Å². The molecule has 2 saturated heterocycles. The predicted molar refractivity (Wildman–Crippen MR) is 105 cm³/mol. The van der Waals surface area contributed by atoms with Gasteiger partial charge in [0.05, 0.1) is 18.8 Å². The van der Waals surface area contributed by atoms with Crippen molar-refractivity contribution in [3.63, 3.8) is 0 Å². The second kappa shape index (κ2) is 8.20. The van der Waals surface area contributed by atoms with Gasteiger partial charge in [-0.1, -0.05) is 0 Å². The third-order valence-electron chi connectivity index (χ3n) is 5.51. The summed E-state index contributed by atoms with van der Waals surface area (Å²) >= 11 is 0. The number of ether oxygens (including phenoxy) is 1. The number of morpholine rings is 1. The molecule has 0 amide bonds. The number of hydrogen-bond donors (Lipinski definition) is 1. The van der Waals surface area contributed by atoms with Crippen LogP contribution in [0.5, 0.6) is 0 Å². The van der Waals surface area contributed by atoms with Gasteiger partial charge in [0.15, 0.2) is 0 Å². The molecular weight excluding hydrogens is 358 g/mol. The molecule has 2 fully saturated rings. The lowest BCUT2D eigenvalue weighted by molar-refractivity contribution is 0.0115. The number of anilines is 1. The van der Waals surface area contributed by atoms with E-state index in [1.807, 2.05) is 6.92 Å². The van der Waals surface area contributed by atoms with E-state index in [9.17, 15) is 9.90 Å². The maximum atomic E-state index is 11.3. The van der Waals surface area contributed by atoms with Gasteiger partial charge in [-0.05, 0) is 25.8 Å². The van der Waals surface area contributed by atoms with Crippen LogP contribution in [0.4, 0.5) is 5.82 Å². The lowest BCUT2D eigenvalue weighted by Crippen LogP contribution is -2.49. The Morgan fingerprint density at radius 3 is 2.61 bits per heavy atom. The van der Waals surface area contributed by atoms with E-state index in [1.165, 1.54) is 6.20 Å². The van der Waals surface area contributed by atoms with Crippen LogP contribution < -0.4 is 4.90 Å². The van der Waals surface area contributed by atoms with E-state index in [2.05, 4.69) is 19.8 Å². The summed E-state index contributed by atoms with van der Waals surface area (Å²) in [6.07, 6.45) is 6.96. The Labute approximate surface area is 164 Å². The largest absolute Gasteiger partial charge is 0.478 e. The van der Waals surface area contributed by atoms with Crippen molar-refractivity contribution in [3.8, 4) is 11.1 Å². The number of carboxylic acid groups (broad SMARTS) is 1. The summed E-state index contributed by atoms with van der Waals surface area (Å²) < 4.78 is 5.47. The molecule has 148 valence electrons. The second-order valence-corrected chi connectivity index (χ2v) is 7.29. The zero-order valence-electron chi connectivity index (χ0n) is 16.0. The lowest BCUT2D eigenvalue weighted by atomic mass is 10.0. The fraction of sp³-hybridized carbons (Fsp3) is 0.500. The zero-order chi connectivity index (χ0) is 19.5. The summed E-state index contributed by atoms with van der Waals surface area (Å²) in [5.74, 6) is 0.573. The molecule has 0 unspecified atom stereocenters. The Balaban J connectivity index is 1.56. The van der Waals surface area contributed by atoms with Gasteiger partial charge < -0.3 is 14.7 Å². The zero-order valence-corrected chi connectivity index (χ0v) is 16.0. The molecule has 2 aliphatic rings. The molecule has 0 atom stereocenters. The van der Waals surface area contributed by atoms with Crippen molar-refractivity contribution in [1.29, 1.82) is 0 Å². The Morgan fingerprint density at radius 1 is 1.14 bits per heavy atom. The van der Waals surface area contributed by atoms with Crippen molar-refractivity contribution in [1.82, 2.24) is 19.9 Å². The van der Waals surface area contributed by atoms with Gasteiger partial charge in [-0.25, -0.2) is 14.8 Å². The van der Waals surface area contributed by atoms with E-state index in [4.69, 9.17) is 9.72 Å². The van der Waals surface area contributed by atoms with Crippen LogP contribution in [0.3, 0.4) is 0 Å². The average Bonchev–Trinajstić information content (AvgIpc) is 2.74. The monoisotopic (exact) mass is 383 g/mol. The van der Waals surface area contributed by atoms with Crippen molar-refractivity contribution in [2.45, 2.75) is 25.8 Å². The van der Waals surface area contributed by atoms with Gasteiger partial charge in [0, 0.05) is 61.9 Å². The molecule has 2 aliphatic heterocycles. The minimum Gasteiger partial charge on any atom is -0.478 e. The van der Waals surface area contributed by atoms with Crippen molar-refractivity contribution in [2.24, 2.45) is 0 Å². The van der Waals surface area contributed by atoms with Gasteiger partial charge >= 0.3 is 5.97 Å². The number of pyridine rings is 1. The smallest absolute Gasteiger partial charge is 0.337 e. The molecule has 4 heterocycles. The van der Waals surface area contributed by atoms with Crippen LogP contribution >= 0.6 is 0 Å². The first-order valence-electron chi connectivity index (χ1n) is 9.71. The number of carboxylic acids is 1. The first-order valence-corrected chi connectivity index (χ1v) is 9.71. The van der Waals surface area contributed by atoms with Crippen LogP contribution in [-0.2, 0) is 4.74 Å². The van der Waals surface area contributed by atoms with E-state index in [0.717, 1.165) is 69.2 Å². The van der Waals surface area contributed by atoms with E-state index < -0.39 is 5.97 Å². The topological polar surface area (TPSA) is 91.7 Å². The molecule has 0 aromatic carbocycles. The molecule has 8 nitrogen and oxygen atoms in total. The fourth-order valence-corrected chi connectivity index (χ4v) is 3.99. The maximum absolute atomic E-state index is 11.3. The van der Waals surface area contributed by atoms with Crippen molar-refractivity contribution < 1.29 is 14.6 Å². The molecule has 2 aromatic heterocycles. The van der Waals surface area contributed by atoms with E-state index in [1.54, 1.807) is 18.5 Å². The number of aromatic carboxylic acids is 1. The van der Waals surface area contributed by atoms with Gasteiger partial charge in [-0.2, -0.15) is 0 Å². The first-order chi connectivity index (χ1) is 13.6.